The molecule has 1 aliphatic carbocycles. The third kappa shape index (κ3) is 44.2. The fourth-order valence-electron chi connectivity index (χ4n) is 17.5. The largest absolute Gasteiger partial charge is 1.00 e. The fourth-order valence-corrected chi connectivity index (χ4v) is 35.0. The van der Waals surface area contributed by atoms with Crippen molar-refractivity contribution in [1.29, 1.82) is 0 Å². The molecule has 11 nitrogen and oxygen atoms in total. The number of nitro benzene ring substituents is 2. The van der Waals surface area contributed by atoms with E-state index in [-0.39, 0.29) is 76.5 Å². The van der Waals surface area contributed by atoms with Crippen molar-refractivity contribution in [2.75, 3.05) is 4.90 Å². The second-order valence-corrected chi connectivity index (χ2v) is 66.1. The van der Waals surface area contributed by atoms with Crippen LogP contribution in [0, 0.1) is 51.5 Å². The van der Waals surface area contributed by atoms with Gasteiger partial charge >= 0.3 is 284 Å². The van der Waals surface area contributed by atoms with Gasteiger partial charge < -0.3 is 19.0 Å². The van der Waals surface area contributed by atoms with Gasteiger partial charge in [0.15, 0.2) is 11.8 Å². The molecule has 12 aromatic rings. The Hall–Kier alpha value is -7.42. The molecule has 0 bridgehead atoms. The van der Waals surface area contributed by atoms with Gasteiger partial charge in [-0.2, -0.15) is 4.58 Å². The number of aryl methyl sites for hydroxylation is 2. The van der Waals surface area contributed by atoms with Crippen molar-refractivity contribution in [1.82, 2.24) is 0 Å². The first-order valence-corrected chi connectivity index (χ1v) is 69.3. The van der Waals surface area contributed by atoms with Crippen LogP contribution in [-0.4, -0.2) is 76.7 Å². The number of nitro groups is 2. The van der Waals surface area contributed by atoms with Gasteiger partial charge in [0.25, 0.3) is 5.69 Å². The number of fused-ring (bicyclic) bond motifs is 1. The number of halogens is 9. The van der Waals surface area contributed by atoms with Crippen molar-refractivity contribution < 1.29 is 103 Å². The van der Waals surface area contributed by atoms with Gasteiger partial charge in [0.1, 0.15) is 37.6 Å². The number of para-hydroxylation sites is 2. The zero-order chi connectivity index (χ0) is 106. The van der Waals surface area contributed by atoms with Crippen molar-refractivity contribution in [3.63, 3.8) is 0 Å². The molecule has 2 heterocycles. The summed E-state index contributed by atoms with van der Waals surface area (Å²) in [5.41, 5.74) is 15.7. The van der Waals surface area contributed by atoms with Crippen LogP contribution < -0.4 is 69.8 Å². The summed E-state index contributed by atoms with van der Waals surface area (Å²) in [6.45, 7) is 58.0. The molecule has 0 unspecified atom stereocenters. The van der Waals surface area contributed by atoms with E-state index in [4.69, 9.17) is 52.9 Å². The van der Waals surface area contributed by atoms with Gasteiger partial charge in [-0.1, -0.05) is 283 Å². The first-order chi connectivity index (χ1) is 66.8. The minimum atomic E-state index is -3.67. The summed E-state index contributed by atoms with van der Waals surface area (Å²) < 4.78 is 50.2. The minimum Gasteiger partial charge on any atom is -1.00 e. The van der Waals surface area contributed by atoms with Crippen molar-refractivity contribution in [2.45, 2.75) is 226 Å². The van der Waals surface area contributed by atoms with Gasteiger partial charge in [-0.3, -0.25) is 23.1 Å². The van der Waals surface area contributed by atoms with E-state index in [9.17, 15) is 33.2 Å². The summed E-state index contributed by atoms with van der Waals surface area (Å²) in [6, 6.07) is 106. The molecular formula is C116H146BCl5CuF4LiN5O6P2Ru2Si2+. The quantitative estimate of drug-likeness (QED) is 0.0133. The Morgan fingerprint density at radius 2 is 0.848 bits per heavy atom. The van der Waals surface area contributed by atoms with Crippen LogP contribution in [0.4, 0.5) is 35.7 Å². The number of non-ortho nitro benzene ring substituents is 2. The van der Waals surface area contributed by atoms with Crippen LogP contribution in [0.5, 0.6) is 11.5 Å². The first-order valence-electron chi connectivity index (χ1n) is 47.3. The molecule has 3 aliphatic rings. The Morgan fingerprint density at radius 1 is 0.503 bits per heavy atom. The summed E-state index contributed by atoms with van der Waals surface area (Å²) in [5, 5.41) is 29.9. The third-order valence-corrected chi connectivity index (χ3v) is 37.8. The van der Waals surface area contributed by atoms with Crippen LogP contribution >= 0.6 is 64.7 Å². The summed E-state index contributed by atoms with van der Waals surface area (Å²) >= 11 is -0.267. The number of anilines is 1. The van der Waals surface area contributed by atoms with Crippen LogP contribution in [0.15, 0.2) is 322 Å². The van der Waals surface area contributed by atoms with Gasteiger partial charge in [0.2, 0.25) is 5.69 Å². The second-order valence-electron chi connectivity index (χ2n) is 40.0. The zero-order valence-electron chi connectivity index (χ0n) is 87.8. The monoisotopic (exact) mass is 2360 g/mol. The van der Waals surface area contributed by atoms with Gasteiger partial charge in [0, 0.05) is 65.7 Å². The SMILES string of the molecule is C.C/C=C/c1cc([N+](=O)[O-])ccc1OC(C)C.CC(C)Oc1ccc([N+](=O)[O-])cc1[CH]=[Ru]([Cl])[Cl].C[Si](C)(C)[N-][Si](C)(C)C.Cc1cccc(C(C)C)c1N1[CH-]C(C)(C)CC1(C)C.Cc1cccc(C(C)C)c1[N+]1=CC(C)(C)CC1(C)C.FB(F)F.[Cl][Cu].[Cl][Ru]([Cl])=[C]1C=C(c2ccccc2)c2ccccc21.[F-].[Li+].c1ccc([PH+](c2ccccc2)c2ccccc2)cc1.c1ccc([PH+](c2ccccc2)c2ccccc2)cc1. The Morgan fingerprint density at radius 3 is 1.16 bits per heavy atom. The van der Waals surface area contributed by atoms with Crippen molar-refractivity contribution in [2.24, 2.45) is 10.8 Å². The molecule has 0 amide bonds. The van der Waals surface area contributed by atoms with Crippen molar-refractivity contribution in [3.05, 3.63) is 403 Å². The number of allylic oxidation sites excluding steroid dienone is 2. The Bertz CT molecular complexity index is 5810. The Labute approximate surface area is 920 Å². The van der Waals surface area contributed by atoms with E-state index in [1.165, 1.54) is 125 Å². The summed E-state index contributed by atoms with van der Waals surface area (Å²) in [6.07, 6.45) is 10.6. The molecule has 0 spiro atoms. The molecule has 782 valence electrons. The number of ether oxygens (including phenoxy) is 2. The van der Waals surface area contributed by atoms with E-state index >= 15 is 0 Å². The van der Waals surface area contributed by atoms with Gasteiger partial charge in [-0.25, -0.2) is 6.54 Å². The normalized spacial score (nSPS) is 13.7. The summed E-state index contributed by atoms with van der Waals surface area (Å²) in [7, 11) is 20.5. The molecule has 0 N–H and O–H groups in total. The van der Waals surface area contributed by atoms with Gasteiger partial charge in [-0.15, -0.1) is 5.41 Å². The fraction of sp³-hybridized carbons (Fsp3) is 0.310. The van der Waals surface area contributed by atoms with Crippen molar-refractivity contribution in [3.8, 4) is 11.5 Å². The van der Waals surface area contributed by atoms with E-state index in [0.717, 1.165) is 9.67 Å². The summed E-state index contributed by atoms with van der Waals surface area (Å²) in [4.78, 5) is 23.0. The molecule has 1 fully saturated rings. The molecule has 29 heteroatoms. The standard InChI is InChI=1S/2C18H28N.2C18H15P.C15H10.C12H15NO3.C10H11NO3.C6H18NSi2.CH4.BF3.5ClH.Cu.FH.Li.2Ru/c2*1-13(2)15-10-8-9-14(3)16(15)19-12-17(4,5)11-18(19,6)7;2*1-4-10-16(11-5-1)19(17-12-6-2-7-13-17)18-14-8-3-9-15-18;1-2-6-12(7-3-1)15-11-10-13-8-4-5-9-14(13)15;1-4-5-10-8-11(13(14)15)6-7-12(10)16-9(2)3;1-7(2)14-10-5-4-9(11(12)13)6-8(10)3;1-8(2,3)7-9(4,5)6;;2-1(3)4;;;;;;;;;;/h2*8-10,12-13H,11H2,1-7H3;2*1-15H;1-9,11H;4-9H,1-3H3;3-7H,1-2H3;1-6H3;1H4;;5*1H;;1H;;;/q-1;+1;;;;;;-1;;;;;;;;+1;;+1;2*+2/p-4/b;;;;;5-4+;;;;;;;;;;;;;;. The molecule has 1 saturated heterocycles. The van der Waals surface area contributed by atoms with Crippen molar-refractivity contribution >= 4 is 170 Å². The number of nitrogens with zero attached hydrogens (tertiary/aromatic N) is 5. The van der Waals surface area contributed by atoms with E-state index in [1.54, 1.807) is 22.8 Å². The number of hydrogen-bond donors (Lipinski definition) is 0. The Balaban J connectivity index is 0.000000423. The third-order valence-electron chi connectivity index (χ3n) is 22.0. The number of rotatable bonds is 21. The van der Waals surface area contributed by atoms with Crippen LogP contribution in [0.3, 0.4) is 0 Å². The molecule has 2 aliphatic heterocycles. The minimum absolute atomic E-state index is 0. The van der Waals surface area contributed by atoms with Gasteiger partial charge in [-0.05, 0) is 150 Å². The first kappa shape index (κ1) is 132. The topological polar surface area (TPSA) is 125 Å². The molecule has 12 aromatic carbocycles. The zero-order valence-corrected chi connectivity index (χ0v) is 100. The van der Waals surface area contributed by atoms with Crippen LogP contribution in [0.2, 0.25) is 39.3 Å². The molecule has 0 radical (unpaired) electrons. The maximum Gasteiger partial charge on any atom is 1.00 e. The smallest absolute Gasteiger partial charge is 1.00 e. The molecular weight excluding hydrogens is 2210 g/mol. The predicted molar refractivity (Wildman–Crippen MR) is 618 cm³/mol. The molecule has 0 atom stereocenters. The molecule has 0 saturated carbocycles. The second kappa shape index (κ2) is 63.7. The average molecular weight is 2360 g/mol. The van der Waals surface area contributed by atoms with Crippen LogP contribution in [0.25, 0.3) is 16.3 Å². The predicted octanol–water partition coefficient (Wildman–Crippen LogP) is 27.4. The van der Waals surface area contributed by atoms with E-state index in [2.05, 4.69) is 438 Å². The average Bonchev–Trinajstić information content (AvgIpc) is 1.61. The van der Waals surface area contributed by atoms with E-state index in [0.29, 0.717) is 28.9 Å². The van der Waals surface area contributed by atoms with Crippen LogP contribution in [-0.2, 0) is 42.1 Å². The molecule has 15 rings (SSSR count). The summed E-state index contributed by atoms with van der Waals surface area (Å²) in [5.74, 6) is 2.34. The van der Waals surface area contributed by atoms with Gasteiger partial charge in [0.05, 0.1) is 26.9 Å². The number of benzene rings is 12. The number of hydrogen-bond acceptors (Lipinski definition) is 7. The van der Waals surface area contributed by atoms with E-state index < -0.39 is 76.7 Å². The van der Waals surface area contributed by atoms with E-state index in [1.807, 2.05) is 65.0 Å². The maximum atomic E-state index is 10.7. The molecule has 145 heavy (non-hydrogen) atoms. The molecule has 0 aromatic heterocycles. The maximum absolute atomic E-state index is 10.7. The van der Waals surface area contributed by atoms with Crippen LogP contribution in [0.1, 0.15) is 200 Å². The Kier molecular flexibility index (Phi) is 57.8.